The van der Waals surface area contributed by atoms with Crippen molar-refractivity contribution < 1.29 is 23.5 Å². The molecule has 6 nitrogen and oxygen atoms in total. The van der Waals surface area contributed by atoms with Gasteiger partial charge >= 0.3 is 5.97 Å². The van der Waals surface area contributed by atoms with E-state index in [-0.39, 0.29) is 12.5 Å². The van der Waals surface area contributed by atoms with Crippen LogP contribution in [-0.2, 0) is 16.1 Å². The number of carbonyl (C=O) groups excluding carboxylic acids is 2. The molecule has 1 aromatic carbocycles. The summed E-state index contributed by atoms with van der Waals surface area (Å²) in [7, 11) is 0. The minimum atomic E-state index is -0.901. The van der Waals surface area contributed by atoms with Crippen LogP contribution in [0.15, 0.2) is 47.1 Å². The van der Waals surface area contributed by atoms with Gasteiger partial charge in [-0.2, -0.15) is 0 Å². The van der Waals surface area contributed by atoms with Gasteiger partial charge in [0.15, 0.2) is 6.10 Å². The number of hydrogen-bond donors (Lipinski definition) is 1. The van der Waals surface area contributed by atoms with Crippen LogP contribution in [-0.4, -0.2) is 24.6 Å². The molecule has 2 aromatic rings. The lowest BCUT2D eigenvalue weighted by molar-refractivity contribution is -0.129. The Morgan fingerprint density at radius 1 is 1.15 bits per heavy atom. The van der Waals surface area contributed by atoms with Crippen molar-refractivity contribution in [2.24, 2.45) is 0 Å². The molecule has 0 aliphatic heterocycles. The van der Waals surface area contributed by atoms with Gasteiger partial charge in [-0.05, 0) is 49.7 Å². The minimum absolute atomic E-state index is 0.248. The van der Waals surface area contributed by atoms with Crippen LogP contribution < -0.4 is 10.1 Å². The molecule has 2 rings (SSSR count). The topological polar surface area (TPSA) is 77.8 Å². The Bertz CT molecular complexity index is 679. The number of ether oxygens (including phenoxy) is 2. The van der Waals surface area contributed by atoms with Gasteiger partial charge in [0.1, 0.15) is 11.5 Å². The van der Waals surface area contributed by atoms with E-state index in [9.17, 15) is 9.59 Å². The molecule has 1 amide bonds. The summed E-state index contributed by atoms with van der Waals surface area (Å²) in [6, 6.07) is 10.2. The first-order valence-corrected chi connectivity index (χ1v) is 8.84. The van der Waals surface area contributed by atoms with Gasteiger partial charge < -0.3 is 19.2 Å². The zero-order chi connectivity index (χ0) is 18.8. The molecule has 26 heavy (non-hydrogen) atoms. The highest BCUT2D eigenvalue weighted by Gasteiger charge is 2.19. The number of furan rings is 1. The van der Waals surface area contributed by atoms with Crippen molar-refractivity contribution in [3.63, 3.8) is 0 Å². The zero-order valence-corrected chi connectivity index (χ0v) is 15.2. The molecule has 1 atom stereocenters. The smallest absolute Gasteiger partial charge is 0.338 e. The summed E-state index contributed by atoms with van der Waals surface area (Å²) >= 11 is 0. The van der Waals surface area contributed by atoms with Gasteiger partial charge in [-0.15, -0.1) is 0 Å². The molecule has 1 heterocycles. The number of nitrogens with one attached hydrogen (secondary N) is 1. The third kappa shape index (κ3) is 6.27. The monoisotopic (exact) mass is 359 g/mol. The SMILES string of the molecule is CCCCCOc1ccc(C(=O)O[C@@H](C)C(=O)NCc2ccco2)cc1. The van der Waals surface area contributed by atoms with Crippen molar-refractivity contribution in [3.05, 3.63) is 54.0 Å². The lowest BCUT2D eigenvalue weighted by Gasteiger charge is -2.13. The molecule has 0 aliphatic carbocycles. The molecule has 1 N–H and O–H groups in total. The summed E-state index contributed by atoms with van der Waals surface area (Å²) in [6.07, 6.45) is 3.90. The van der Waals surface area contributed by atoms with Gasteiger partial charge in [0, 0.05) is 0 Å². The van der Waals surface area contributed by atoms with Crippen LogP contribution >= 0.6 is 0 Å². The van der Waals surface area contributed by atoms with E-state index in [2.05, 4.69) is 12.2 Å². The highest BCUT2D eigenvalue weighted by Crippen LogP contribution is 2.14. The Balaban J connectivity index is 1.77. The molecule has 0 spiro atoms. The molecule has 0 saturated heterocycles. The standard InChI is InChI=1S/C20H25NO5/c1-3-4-5-12-24-17-10-8-16(9-11-17)20(23)26-15(2)19(22)21-14-18-7-6-13-25-18/h6-11,13,15H,3-5,12,14H2,1-2H3,(H,21,22)/t15-/m0/s1. The fourth-order valence-electron chi connectivity index (χ4n) is 2.24. The maximum Gasteiger partial charge on any atom is 0.338 e. The van der Waals surface area contributed by atoms with Gasteiger partial charge in [-0.3, -0.25) is 4.79 Å². The van der Waals surface area contributed by atoms with Crippen LogP contribution in [0.4, 0.5) is 0 Å². The average Bonchev–Trinajstić information content (AvgIpc) is 3.17. The van der Waals surface area contributed by atoms with Crippen molar-refractivity contribution in [2.75, 3.05) is 6.61 Å². The fourth-order valence-corrected chi connectivity index (χ4v) is 2.24. The van der Waals surface area contributed by atoms with Gasteiger partial charge in [0.25, 0.3) is 5.91 Å². The summed E-state index contributed by atoms with van der Waals surface area (Å²) < 4.78 is 15.9. The molecular formula is C20H25NO5. The van der Waals surface area contributed by atoms with E-state index in [1.807, 2.05) is 0 Å². The molecule has 140 valence electrons. The predicted molar refractivity (Wildman–Crippen MR) is 96.9 cm³/mol. The summed E-state index contributed by atoms with van der Waals surface area (Å²) in [5.74, 6) is 0.405. The number of unbranched alkanes of at least 4 members (excludes halogenated alkanes) is 2. The first-order chi connectivity index (χ1) is 12.6. The van der Waals surface area contributed by atoms with Crippen molar-refractivity contribution >= 4 is 11.9 Å². The molecule has 6 heteroatoms. The fraction of sp³-hybridized carbons (Fsp3) is 0.400. The molecular weight excluding hydrogens is 334 g/mol. The summed E-state index contributed by atoms with van der Waals surface area (Å²) in [5.41, 5.74) is 0.372. The third-order valence-corrected chi connectivity index (χ3v) is 3.78. The van der Waals surface area contributed by atoms with E-state index in [0.717, 1.165) is 19.3 Å². The third-order valence-electron chi connectivity index (χ3n) is 3.78. The summed E-state index contributed by atoms with van der Waals surface area (Å²) in [6.45, 7) is 4.57. The molecule has 0 bridgehead atoms. The normalized spacial score (nSPS) is 11.6. The summed E-state index contributed by atoms with van der Waals surface area (Å²) in [5, 5.41) is 2.65. The quantitative estimate of drug-likeness (QED) is 0.517. The number of esters is 1. The molecule has 0 aliphatic rings. The van der Waals surface area contributed by atoms with Gasteiger partial charge in [-0.25, -0.2) is 4.79 Å². The lowest BCUT2D eigenvalue weighted by atomic mass is 10.2. The van der Waals surface area contributed by atoms with Crippen LogP contribution in [0.3, 0.4) is 0 Å². The highest BCUT2D eigenvalue weighted by molar-refractivity contribution is 5.92. The lowest BCUT2D eigenvalue weighted by Crippen LogP contribution is -2.35. The van der Waals surface area contributed by atoms with Crippen molar-refractivity contribution in [3.8, 4) is 5.75 Å². The molecule has 0 fully saturated rings. The van der Waals surface area contributed by atoms with E-state index >= 15 is 0 Å². The second kappa shape index (κ2) is 10.3. The summed E-state index contributed by atoms with van der Waals surface area (Å²) in [4.78, 5) is 24.1. The van der Waals surface area contributed by atoms with Crippen molar-refractivity contribution in [1.29, 1.82) is 0 Å². The minimum Gasteiger partial charge on any atom is -0.494 e. The van der Waals surface area contributed by atoms with Crippen molar-refractivity contribution in [2.45, 2.75) is 45.8 Å². The first kappa shape index (κ1) is 19.6. The Hall–Kier alpha value is -2.76. The molecule has 1 aromatic heterocycles. The maximum atomic E-state index is 12.1. The Kier molecular flexibility index (Phi) is 7.74. The van der Waals surface area contributed by atoms with Crippen LogP contribution in [0.2, 0.25) is 0 Å². The van der Waals surface area contributed by atoms with Crippen LogP contribution in [0.25, 0.3) is 0 Å². The van der Waals surface area contributed by atoms with E-state index in [1.165, 1.54) is 13.2 Å². The van der Waals surface area contributed by atoms with Gasteiger partial charge in [0.2, 0.25) is 0 Å². The zero-order valence-electron chi connectivity index (χ0n) is 15.2. The van der Waals surface area contributed by atoms with E-state index < -0.39 is 12.1 Å². The van der Waals surface area contributed by atoms with Crippen LogP contribution in [0.1, 0.15) is 49.2 Å². The predicted octanol–water partition coefficient (Wildman–Crippen LogP) is 3.71. The Morgan fingerprint density at radius 2 is 1.92 bits per heavy atom. The van der Waals surface area contributed by atoms with Gasteiger partial charge in [0.05, 0.1) is 25.0 Å². The largest absolute Gasteiger partial charge is 0.494 e. The maximum absolute atomic E-state index is 12.1. The number of rotatable bonds is 10. The Morgan fingerprint density at radius 3 is 2.58 bits per heavy atom. The number of carbonyl (C=O) groups is 2. The highest BCUT2D eigenvalue weighted by atomic mass is 16.5. The van der Waals surface area contributed by atoms with Crippen LogP contribution in [0.5, 0.6) is 5.75 Å². The Labute approximate surface area is 153 Å². The first-order valence-electron chi connectivity index (χ1n) is 8.84. The number of hydrogen-bond acceptors (Lipinski definition) is 5. The average molecular weight is 359 g/mol. The number of amides is 1. The second-order valence-corrected chi connectivity index (χ2v) is 5.92. The van der Waals surface area contributed by atoms with E-state index in [4.69, 9.17) is 13.9 Å². The van der Waals surface area contributed by atoms with Crippen molar-refractivity contribution in [1.82, 2.24) is 5.32 Å². The second-order valence-electron chi connectivity index (χ2n) is 5.92. The van der Waals surface area contributed by atoms with Gasteiger partial charge in [-0.1, -0.05) is 19.8 Å². The van der Waals surface area contributed by atoms with Crippen LogP contribution in [0, 0.1) is 0 Å². The molecule has 0 saturated carbocycles. The number of benzene rings is 1. The van der Waals surface area contributed by atoms with E-state index in [1.54, 1.807) is 36.4 Å². The molecule has 0 radical (unpaired) electrons. The van der Waals surface area contributed by atoms with E-state index in [0.29, 0.717) is 23.7 Å². The molecule has 0 unspecified atom stereocenters.